The fourth-order valence-corrected chi connectivity index (χ4v) is 2.17. The molecule has 2 unspecified atom stereocenters. The van der Waals surface area contributed by atoms with Crippen LogP contribution in [0.5, 0.6) is 0 Å². The fraction of sp³-hybridized carbons (Fsp3) is 0.250. The van der Waals surface area contributed by atoms with Crippen molar-refractivity contribution in [2.45, 2.75) is 12.5 Å². The largest absolute Gasteiger partial charge is 0.377 e. The molecule has 1 aliphatic heterocycles. The molecule has 0 radical (unpaired) electrons. The number of anilines is 1. The number of rotatable bonds is 0. The molecule has 0 fully saturated rings. The van der Waals surface area contributed by atoms with Crippen LogP contribution in [0.3, 0.4) is 0 Å². The number of allylic oxidation sites excluding steroid dienone is 2. The first-order chi connectivity index (χ1) is 6.93. The molecule has 1 aromatic heterocycles. The molecule has 3 rings (SSSR count). The van der Waals surface area contributed by atoms with Crippen LogP contribution in [0.2, 0.25) is 0 Å². The maximum atomic E-state index is 4.13. The van der Waals surface area contributed by atoms with E-state index in [4.69, 9.17) is 0 Å². The van der Waals surface area contributed by atoms with E-state index < -0.39 is 0 Å². The van der Waals surface area contributed by atoms with E-state index in [2.05, 4.69) is 40.7 Å². The number of aromatic nitrogens is 1. The Balaban J connectivity index is 2.00. The van der Waals surface area contributed by atoms with E-state index in [-0.39, 0.29) is 0 Å². The highest BCUT2D eigenvalue weighted by Crippen LogP contribution is 2.30. The lowest BCUT2D eigenvalue weighted by Crippen LogP contribution is -2.33. The monoisotopic (exact) mass is 184 g/mol. The summed E-state index contributed by atoms with van der Waals surface area (Å²) in [6.45, 7) is 0. The Morgan fingerprint density at radius 3 is 3.21 bits per heavy atom. The highest BCUT2D eigenvalue weighted by atomic mass is 15.0. The van der Waals surface area contributed by atoms with Crippen LogP contribution in [0.25, 0.3) is 0 Å². The number of nitrogens with one attached hydrogen (secondary N) is 1. The van der Waals surface area contributed by atoms with Gasteiger partial charge in [0.2, 0.25) is 0 Å². The van der Waals surface area contributed by atoms with E-state index in [1.807, 2.05) is 12.4 Å². The number of fused-ring (bicyclic) bond motifs is 2. The van der Waals surface area contributed by atoms with Gasteiger partial charge in [0.15, 0.2) is 0 Å². The Bertz CT molecular complexity index is 368. The summed E-state index contributed by atoms with van der Waals surface area (Å²) in [7, 11) is 0. The number of nitrogens with zero attached hydrogens (tertiary/aromatic N) is 1. The minimum absolute atomic E-state index is 0.455. The van der Waals surface area contributed by atoms with Gasteiger partial charge in [-0.05, 0) is 18.1 Å². The highest BCUT2D eigenvalue weighted by molar-refractivity contribution is 5.54. The molecule has 70 valence electrons. The van der Waals surface area contributed by atoms with Gasteiger partial charge in [0.25, 0.3) is 0 Å². The van der Waals surface area contributed by atoms with E-state index in [9.17, 15) is 0 Å². The van der Waals surface area contributed by atoms with E-state index >= 15 is 0 Å². The quantitative estimate of drug-likeness (QED) is 0.668. The second-order valence-electron chi connectivity index (χ2n) is 3.84. The van der Waals surface area contributed by atoms with Gasteiger partial charge in [0.05, 0.1) is 17.9 Å². The second-order valence-corrected chi connectivity index (χ2v) is 3.84. The molecule has 0 bridgehead atoms. The molecule has 1 aliphatic carbocycles. The lowest BCUT2D eigenvalue weighted by molar-refractivity contribution is 0.575. The molecule has 0 spiro atoms. The molecule has 2 heteroatoms. The summed E-state index contributed by atoms with van der Waals surface area (Å²) in [6, 6.07) is 2.56. The molecule has 0 saturated heterocycles. The molecular formula is C12H12N2. The van der Waals surface area contributed by atoms with Crippen LogP contribution in [-0.2, 0) is 6.42 Å². The predicted molar refractivity (Wildman–Crippen MR) is 57.1 cm³/mol. The van der Waals surface area contributed by atoms with Gasteiger partial charge >= 0.3 is 0 Å². The van der Waals surface area contributed by atoms with Gasteiger partial charge < -0.3 is 5.32 Å². The van der Waals surface area contributed by atoms with Crippen molar-refractivity contribution in [1.82, 2.24) is 4.98 Å². The normalized spacial score (nSPS) is 27.7. The van der Waals surface area contributed by atoms with Crippen molar-refractivity contribution in [1.29, 1.82) is 0 Å². The minimum atomic E-state index is 0.455. The van der Waals surface area contributed by atoms with Crippen molar-refractivity contribution < 1.29 is 0 Å². The zero-order valence-corrected chi connectivity index (χ0v) is 7.85. The standard InChI is InChI=1S/C12H12N2/c1-2-4-11-9(3-1)7-10-5-6-13-8-12(10)14-11/h1-6,8-9,11,14H,7H2. The van der Waals surface area contributed by atoms with Crippen LogP contribution < -0.4 is 5.32 Å². The van der Waals surface area contributed by atoms with Gasteiger partial charge in [0, 0.05) is 12.1 Å². The van der Waals surface area contributed by atoms with Crippen LogP contribution in [0.4, 0.5) is 5.69 Å². The summed E-state index contributed by atoms with van der Waals surface area (Å²) in [5.41, 5.74) is 2.56. The SMILES string of the molecule is C1=CC2Cc3ccncc3NC2C=C1. The first kappa shape index (κ1) is 7.80. The van der Waals surface area contributed by atoms with Crippen LogP contribution in [-0.4, -0.2) is 11.0 Å². The number of pyridine rings is 1. The van der Waals surface area contributed by atoms with E-state index in [1.165, 1.54) is 11.3 Å². The van der Waals surface area contributed by atoms with Crippen molar-refractivity contribution in [3.8, 4) is 0 Å². The van der Waals surface area contributed by atoms with E-state index in [0.29, 0.717) is 12.0 Å². The molecule has 0 amide bonds. The summed E-state index contributed by atoms with van der Waals surface area (Å²) >= 11 is 0. The average Bonchev–Trinajstić information content (AvgIpc) is 2.26. The molecular weight excluding hydrogens is 172 g/mol. The molecule has 2 heterocycles. The van der Waals surface area contributed by atoms with Gasteiger partial charge in [-0.25, -0.2) is 0 Å². The second kappa shape index (κ2) is 2.98. The van der Waals surface area contributed by atoms with Gasteiger partial charge in [-0.2, -0.15) is 0 Å². The number of hydrogen-bond acceptors (Lipinski definition) is 2. The van der Waals surface area contributed by atoms with Crippen LogP contribution in [0.15, 0.2) is 42.8 Å². The Hall–Kier alpha value is -1.57. The maximum absolute atomic E-state index is 4.13. The topological polar surface area (TPSA) is 24.9 Å². The van der Waals surface area contributed by atoms with Crippen molar-refractivity contribution in [3.05, 3.63) is 48.3 Å². The molecule has 0 saturated carbocycles. The van der Waals surface area contributed by atoms with E-state index in [1.54, 1.807) is 0 Å². The Kier molecular flexibility index (Phi) is 1.66. The van der Waals surface area contributed by atoms with Gasteiger partial charge in [-0.1, -0.05) is 24.3 Å². The first-order valence-corrected chi connectivity index (χ1v) is 4.98. The average molecular weight is 184 g/mol. The summed E-state index contributed by atoms with van der Waals surface area (Å²) < 4.78 is 0. The van der Waals surface area contributed by atoms with Crippen molar-refractivity contribution in [2.75, 3.05) is 5.32 Å². The van der Waals surface area contributed by atoms with Crippen molar-refractivity contribution in [2.24, 2.45) is 5.92 Å². The Morgan fingerprint density at radius 1 is 1.29 bits per heavy atom. The molecule has 2 aliphatic rings. The first-order valence-electron chi connectivity index (χ1n) is 4.98. The molecule has 14 heavy (non-hydrogen) atoms. The molecule has 0 aromatic carbocycles. The van der Waals surface area contributed by atoms with Gasteiger partial charge in [0.1, 0.15) is 0 Å². The molecule has 1 N–H and O–H groups in total. The van der Waals surface area contributed by atoms with E-state index in [0.717, 1.165) is 6.42 Å². The fourth-order valence-electron chi connectivity index (χ4n) is 2.17. The van der Waals surface area contributed by atoms with Gasteiger partial charge in [-0.15, -0.1) is 0 Å². The van der Waals surface area contributed by atoms with Crippen molar-refractivity contribution >= 4 is 5.69 Å². The van der Waals surface area contributed by atoms with Gasteiger partial charge in [-0.3, -0.25) is 4.98 Å². The smallest absolute Gasteiger partial charge is 0.0564 e. The maximum Gasteiger partial charge on any atom is 0.0564 e. The summed E-state index contributed by atoms with van der Waals surface area (Å²) in [6.07, 6.45) is 13.6. The third-order valence-electron chi connectivity index (χ3n) is 2.94. The minimum Gasteiger partial charge on any atom is -0.377 e. The molecule has 1 aromatic rings. The third kappa shape index (κ3) is 1.15. The lowest BCUT2D eigenvalue weighted by Gasteiger charge is -2.32. The predicted octanol–water partition coefficient (Wildman–Crippen LogP) is 2.16. The Morgan fingerprint density at radius 2 is 2.21 bits per heavy atom. The van der Waals surface area contributed by atoms with Crippen LogP contribution in [0.1, 0.15) is 5.56 Å². The third-order valence-corrected chi connectivity index (χ3v) is 2.94. The molecule has 2 atom stereocenters. The summed E-state index contributed by atoms with van der Waals surface area (Å²) in [5.74, 6) is 0.606. The van der Waals surface area contributed by atoms with Crippen LogP contribution in [0, 0.1) is 5.92 Å². The van der Waals surface area contributed by atoms with Crippen LogP contribution >= 0.6 is 0 Å². The Labute approximate surface area is 83.4 Å². The number of hydrogen-bond donors (Lipinski definition) is 1. The summed E-state index contributed by atoms with van der Waals surface area (Å²) in [5, 5.41) is 3.50. The zero-order chi connectivity index (χ0) is 9.38. The van der Waals surface area contributed by atoms with Crippen molar-refractivity contribution in [3.63, 3.8) is 0 Å². The zero-order valence-electron chi connectivity index (χ0n) is 7.85. The highest BCUT2D eigenvalue weighted by Gasteiger charge is 2.24. The lowest BCUT2D eigenvalue weighted by atomic mass is 9.85. The summed E-state index contributed by atoms with van der Waals surface area (Å²) in [4.78, 5) is 4.13. The molecule has 2 nitrogen and oxygen atoms in total.